The lowest BCUT2D eigenvalue weighted by Gasteiger charge is -2.03. The quantitative estimate of drug-likeness (QED) is 0.550. The van der Waals surface area contributed by atoms with E-state index in [2.05, 4.69) is 18.3 Å². The minimum Gasteiger partial charge on any atom is -0.490 e. The molecule has 28 heavy (non-hydrogen) atoms. The van der Waals surface area contributed by atoms with Gasteiger partial charge in [0.15, 0.2) is 0 Å². The molecule has 0 spiro atoms. The van der Waals surface area contributed by atoms with Crippen LogP contribution in [0.1, 0.15) is 5.56 Å². The third kappa shape index (κ3) is 3.40. The number of H-pyrrole nitrogens is 1. The van der Waals surface area contributed by atoms with E-state index in [1.807, 2.05) is 72.8 Å². The zero-order valence-corrected chi connectivity index (χ0v) is 15.4. The number of hydrogen-bond donors (Lipinski definition) is 1. The van der Waals surface area contributed by atoms with E-state index in [0.717, 1.165) is 27.8 Å². The van der Waals surface area contributed by atoms with Gasteiger partial charge in [-0.25, -0.2) is 4.68 Å². The van der Waals surface area contributed by atoms with Gasteiger partial charge >= 0.3 is 0 Å². The molecule has 4 rings (SSSR count). The van der Waals surface area contributed by atoms with Crippen molar-refractivity contribution in [1.82, 2.24) is 9.78 Å². The molecule has 4 aromatic rings. The van der Waals surface area contributed by atoms with Gasteiger partial charge in [0.05, 0.1) is 16.3 Å². The summed E-state index contributed by atoms with van der Waals surface area (Å²) >= 11 is 0. The molecule has 138 valence electrons. The second-order valence-corrected chi connectivity index (χ2v) is 6.49. The maximum Gasteiger partial charge on any atom is 0.279 e. The monoisotopic (exact) mass is 368 g/mol. The Bertz CT molecular complexity index is 1330. The third-order valence-corrected chi connectivity index (χ3v) is 4.53. The van der Waals surface area contributed by atoms with Gasteiger partial charge in [-0.1, -0.05) is 61.7 Å². The van der Waals surface area contributed by atoms with Crippen LogP contribution in [-0.4, -0.2) is 16.4 Å². The van der Waals surface area contributed by atoms with E-state index in [-0.39, 0.29) is 5.56 Å². The summed E-state index contributed by atoms with van der Waals surface area (Å²) in [5.74, 6) is 0.727. The standard InChI is InChI=1S/C24H20N2O2/c1-3-13-28-22-10-6-7-18(14-22)15-23-17(2)25-26(24(23)27)21-12-11-19-8-4-5-9-20(19)16-21/h3-12,14-16,25H,1-2,13H2/b23-15+. The Kier molecular flexibility index (Phi) is 4.68. The first-order chi connectivity index (χ1) is 13.7. The topological polar surface area (TPSA) is 47.0 Å². The summed E-state index contributed by atoms with van der Waals surface area (Å²) in [7, 11) is 0. The fraction of sp³-hybridized carbons (Fsp3) is 0.0417. The number of nitrogens with zero attached hydrogens (tertiary/aromatic N) is 1. The lowest BCUT2D eigenvalue weighted by Crippen LogP contribution is -2.33. The summed E-state index contributed by atoms with van der Waals surface area (Å²) in [5.41, 5.74) is 1.50. The van der Waals surface area contributed by atoms with Gasteiger partial charge in [-0.3, -0.25) is 9.89 Å². The van der Waals surface area contributed by atoms with E-state index in [0.29, 0.717) is 17.2 Å². The molecule has 3 aromatic carbocycles. The van der Waals surface area contributed by atoms with Crippen molar-refractivity contribution < 1.29 is 4.74 Å². The van der Waals surface area contributed by atoms with Crippen LogP contribution in [0.15, 0.2) is 84.2 Å². The normalized spacial score (nSPS) is 11.6. The van der Waals surface area contributed by atoms with Crippen molar-refractivity contribution in [3.63, 3.8) is 0 Å². The van der Waals surface area contributed by atoms with Gasteiger partial charge in [-0.2, -0.15) is 0 Å². The number of benzene rings is 3. The maximum atomic E-state index is 13.0. The smallest absolute Gasteiger partial charge is 0.279 e. The molecular formula is C24H20N2O2. The van der Waals surface area contributed by atoms with Crippen molar-refractivity contribution in [1.29, 1.82) is 0 Å². The van der Waals surface area contributed by atoms with Crippen LogP contribution in [0.2, 0.25) is 0 Å². The molecule has 4 heteroatoms. The zero-order valence-electron chi connectivity index (χ0n) is 15.4. The molecule has 4 nitrogen and oxygen atoms in total. The van der Waals surface area contributed by atoms with E-state index in [1.165, 1.54) is 4.68 Å². The van der Waals surface area contributed by atoms with Gasteiger partial charge in [0.2, 0.25) is 0 Å². The van der Waals surface area contributed by atoms with E-state index >= 15 is 0 Å². The highest BCUT2D eigenvalue weighted by Gasteiger charge is 2.06. The average Bonchev–Trinajstić information content (AvgIpc) is 3.00. The van der Waals surface area contributed by atoms with Gasteiger partial charge < -0.3 is 4.74 Å². The molecular weight excluding hydrogens is 348 g/mol. The van der Waals surface area contributed by atoms with Gasteiger partial charge in [0, 0.05) is 0 Å². The van der Waals surface area contributed by atoms with Crippen molar-refractivity contribution in [3.8, 4) is 11.4 Å². The molecule has 0 amide bonds. The predicted molar refractivity (Wildman–Crippen MR) is 114 cm³/mol. The van der Waals surface area contributed by atoms with Gasteiger partial charge in [0.1, 0.15) is 12.4 Å². The van der Waals surface area contributed by atoms with E-state index in [4.69, 9.17) is 4.74 Å². The first kappa shape index (κ1) is 17.6. The first-order valence-corrected chi connectivity index (χ1v) is 9.00. The molecule has 0 saturated heterocycles. The zero-order chi connectivity index (χ0) is 19.5. The Morgan fingerprint density at radius 2 is 1.82 bits per heavy atom. The van der Waals surface area contributed by atoms with E-state index in [9.17, 15) is 4.79 Å². The highest BCUT2D eigenvalue weighted by Crippen LogP contribution is 2.17. The van der Waals surface area contributed by atoms with Crippen molar-refractivity contribution >= 4 is 23.4 Å². The number of hydrogen-bond acceptors (Lipinski definition) is 2. The third-order valence-electron chi connectivity index (χ3n) is 4.53. The Morgan fingerprint density at radius 1 is 1.00 bits per heavy atom. The number of nitrogens with one attached hydrogen (secondary N) is 1. The summed E-state index contributed by atoms with van der Waals surface area (Å²) in [6.45, 7) is 8.09. The minimum atomic E-state index is -0.141. The van der Waals surface area contributed by atoms with Crippen LogP contribution in [-0.2, 0) is 0 Å². The van der Waals surface area contributed by atoms with Gasteiger partial charge in [0.25, 0.3) is 5.56 Å². The largest absolute Gasteiger partial charge is 0.490 e. The Balaban J connectivity index is 1.79. The molecule has 1 aromatic heterocycles. The summed E-state index contributed by atoms with van der Waals surface area (Å²) in [5, 5.41) is 6.37. The Labute approximate surface area is 162 Å². The highest BCUT2D eigenvalue weighted by atomic mass is 16.5. The summed E-state index contributed by atoms with van der Waals surface area (Å²) in [4.78, 5) is 13.0. The molecule has 1 N–H and O–H groups in total. The van der Waals surface area contributed by atoms with Gasteiger partial charge in [-0.15, -0.1) is 0 Å². The maximum absolute atomic E-state index is 13.0. The molecule has 0 unspecified atom stereocenters. The average molecular weight is 368 g/mol. The van der Waals surface area contributed by atoms with Crippen molar-refractivity contribution in [2.75, 3.05) is 6.61 Å². The lowest BCUT2D eigenvalue weighted by atomic mass is 10.1. The molecule has 0 saturated carbocycles. The van der Waals surface area contributed by atoms with Crippen molar-refractivity contribution in [3.05, 3.63) is 106 Å². The van der Waals surface area contributed by atoms with Gasteiger partial charge in [-0.05, 0) is 46.7 Å². The van der Waals surface area contributed by atoms with Crippen LogP contribution < -0.4 is 20.9 Å². The Morgan fingerprint density at radius 3 is 2.64 bits per heavy atom. The second-order valence-electron chi connectivity index (χ2n) is 6.49. The molecule has 1 heterocycles. The predicted octanol–water partition coefficient (Wildman–Crippen LogP) is 3.12. The van der Waals surface area contributed by atoms with Crippen LogP contribution in [0.4, 0.5) is 0 Å². The van der Waals surface area contributed by atoms with E-state index < -0.39 is 0 Å². The molecule has 0 aliphatic heterocycles. The SMILES string of the molecule is C=CCOc1cccc(/C=c2\c(=C)[nH]n(-c3ccc4ccccc4c3)c2=O)c1. The highest BCUT2D eigenvalue weighted by molar-refractivity contribution is 5.84. The molecule has 0 bridgehead atoms. The molecule has 0 aliphatic rings. The number of aromatic amines is 1. The van der Waals surface area contributed by atoms with Crippen LogP contribution in [0, 0.1) is 0 Å². The number of fused-ring (bicyclic) bond motifs is 1. The fourth-order valence-electron chi connectivity index (χ4n) is 3.16. The lowest BCUT2D eigenvalue weighted by molar-refractivity contribution is 0.363. The number of ether oxygens (including phenoxy) is 1. The number of aromatic nitrogens is 2. The molecule has 0 aliphatic carbocycles. The summed E-state index contributed by atoms with van der Waals surface area (Å²) < 4.78 is 7.09. The Hall–Kier alpha value is -3.79. The van der Waals surface area contributed by atoms with Crippen molar-refractivity contribution in [2.24, 2.45) is 0 Å². The van der Waals surface area contributed by atoms with Crippen LogP contribution in [0.25, 0.3) is 29.1 Å². The fourth-order valence-corrected chi connectivity index (χ4v) is 3.16. The van der Waals surface area contributed by atoms with Crippen LogP contribution in [0.5, 0.6) is 5.75 Å². The molecule has 0 atom stereocenters. The molecule has 0 radical (unpaired) electrons. The molecule has 0 fully saturated rings. The van der Waals surface area contributed by atoms with Crippen molar-refractivity contribution in [2.45, 2.75) is 0 Å². The summed E-state index contributed by atoms with van der Waals surface area (Å²) in [6, 6.07) is 21.5. The minimum absolute atomic E-state index is 0.141. The first-order valence-electron chi connectivity index (χ1n) is 9.00. The second kappa shape index (κ2) is 7.45. The van der Waals surface area contributed by atoms with Crippen LogP contribution in [0.3, 0.4) is 0 Å². The van der Waals surface area contributed by atoms with E-state index in [1.54, 1.807) is 6.08 Å². The number of rotatable bonds is 5. The van der Waals surface area contributed by atoms with Crippen LogP contribution >= 0.6 is 0 Å². The summed E-state index contributed by atoms with van der Waals surface area (Å²) in [6.07, 6.45) is 3.51.